The first-order chi connectivity index (χ1) is 13.5. The van der Waals surface area contributed by atoms with Crippen LogP contribution in [0.15, 0.2) is 54.0 Å². The average molecular weight is 417 g/mol. The van der Waals surface area contributed by atoms with Crippen molar-refractivity contribution in [1.82, 2.24) is 4.57 Å². The summed E-state index contributed by atoms with van der Waals surface area (Å²) in [5, 5.41) is 0.414. The number of fused-ring (bicyclic) bond motifs is 1. The zero-order valence-electron chi connectivity index (χ0n) is 15.3. The van der Waals surface area contributed by atoms with Gasteiger partial charge < -0.3 is 14.0 Å². The summed E-state index contributed by atoms with van der Waals surface area (Å²) in [6.45, 7) is 4.22. The van der Waals surface area contributed by atoms with Crippen molar-refractivity contribution in [3.8, 4) is 5.75 Å². The molecule has 0 radical (unpaired) electrons. The van der Waals surface area contributed by atoms with Crippen LogP contribution < -0.4 is 9.54 Å². The van der Waals surface area contributed by atoms with Gasteiger partial charge in [0.1, 0.15) is 5.75 Å². The number of carbonyl (C=O) groups is 2. The Labute approximate surface area is 170 Å². The molecule has 3 aromatic rings. The summed E-state index contributed by atoms with van der Waals surface area (Å²) < 4.78 is 12.7. The number of allylic oxidation sites excluding steroid dienone is 1. The largest absolute Gasteiger partial charge is 0.496 e. The monoisotopic (exact) mass is 416 g/mol. The van der Waals surface area contributed by atoms with Gasteiger partial charge in [-0.05, 0) is 36.4 Å². The molecule has 2 aromatic carbocycles. The number of esters is 1. The molecular formula is C20H17ClN2O4S. The van der Waals surface area contributed by atoms with Crippen molar-refractivity contribution in [1.29, 1.82) is 0 Å². The third-order valence-electron chi connectivity index (χ3n) is 4.00. The van der Waals surface area contributed by atoms with Gasteiger partial charge in [-0.2, -0.15) is 4.99 Å². The number of methoxy groups -OCH3 is 2. The van der Waals surface area contributed by atoms with Gasteiger partial charge in [-0.15, -0.1) is 6.58 Å². The summed E-state index contributed by atoms with van der Waals surface area (Å²) in [6, 6.07) is 9.97. The van der Waals surface area contributed by atoms with Crippen LogP contribution in [0.4, 0.5) is 0 Å². The first-order valence-electron chi connectivity index (χ1n) is 8.23. The predicted octanol–water partition coefficient (Wildman–Crippen LogP) is 4.08. The van der Waals surface area contributed by atoms with E-state index in [1.165, 1.54) is 31.6 Å². The zero-order chi connectivity index (χ0) is 20.3. The maximum atomic E-state index is 12.8. The molecule has 1 heterocycles. The Kier molecular flexibility index (Phi) is 5.96. The molecule has 0 aliphatic heterocycles. The van der Waals surface area contributed by atoms with E-state index in [-0.39, 0.29) is 5.56 Å². The molecule has 0 saturated carbocycles. The Bertz CT molecular complexity index is 1150. The van der Waals surface area contributed by atoms with Crippen LogP contribution in [0.1, 0.15) is 20.7 Å². The van der Waals surface area contributed by atoms with Crippen LogP contribution in [0.3, 0.4) is 0 Å². The molecule has 0 spiro atoms. The summed E-state index contributed by atoms with van der Waals surface area (Å²) in [7, 11) is 2.81. The van der Waals surface area contributed by atoms with Crippen LogP contribution in [0.2, 0.25) is 5.02 Å². The number of ether oxygens (including phenoxy) is 2. The molecule has 0 atom stereocenters. The standard InChI is InChI=1S/C20H17ClN2O4S/c1-4-9-23-15-7-5-12(19(25)27-3)10-17(15)28-20(23)22-18(24)14-11-13(21)6-8-16(14)26-2/h4-8,10-11H,1,9H2,2-3H3. The number of carbonyl (C=O) groups excluding carboxylic acids is 2. The number of benzene rings is 2. The van der Waals surface area contributed by atoms with Gasteiger partial charge in [-0.1, -0.05) is 29.0 Å². The van der Waals surface area contributed by atoms with Gasteiger partial charge >= 0.3 is 5.97 Å². The Morgan fingerprint density at radius 1 is 1.25 bits per heavy atom. The van der Waals surface area contributed by atoms with Crippen LogP contribution in [0.25, 0.3) is 10.2 Å². The number of halogens is 1. The minimum atomic E-state index is -0.475. The minimum Gasteiger partial charge on any atom is -0.496 e. The van der Waals surface area contributed by atoms with Crippen molar-refractivity contribution in [3.05, 3.63) is 70.0 Å². The van der Waals surface area contributed by atoms with E-state index >= 15 is 0 Å². The highest BCUT2D eigenvalue weighted by Gasteiger charge is 2.15. The summed E-state index contributed by atoms with van der Waals surface area (Å²) >= 11 is 7.31. The van der Waals surface area contributed by atoms with Gasteiger partial charge in [-0.25, -0.2) is 4.79 Å². The first-order valence-corrected chi connectivity index (χ1v) is 9.43. The van der Waals surface area contributed by atoms with Crippen molar-refractivity contribution >= 4 is 45.0 Å². The van der Waals surface area contributed by atoms with E-state index in [0.29, 0.717) is 27.7 Å². The van der Waals surface area contributed by atoms with Gasteiger partial charge in [0.15, 0.2) is 4.80 Å². The third-order valence-corrected chi connectivity index (χ3v) is 5.28. The minimum absolute atomic E-state index is 0.271. The molecule has 8 heteroatoms. The van der Waals surface area contributed by atoms with Crippen LogP contribution in [0, 0.1) is 0 Å². The lowest BCUT2D eigenvalue weighted by Gasteiger charge is -2.05. The number of aromatic nitrogens is 1. The van der Waals surface area contributed by atoms with Crippen LogP contribution in [-0.2, 0) is 11.3 Å². The molecule has 144 valence electrons. The lowest BCUT2D eigenvalue weighted by Crippen LogP contribution is -2.16. The molecule has 0 aliphatic carbocycles. The van der Waals surface area contributed by atoms with Gasteiger partial charge in [0, 0.05) is 11.6 Å². The summed E-state index contributed by atoms with van der Waals surface area (Å²) in [6.07, 6.45) is 1.71. The summed E-state index contributed by atoms with van der Waals surface area (Å²) in [5.74, 6) is -0.511. The first kappa shape index (κ1) is 19.9. The molecule has 0 bridgehead atoms. The number of thiazole rings is 1. The molecule has 0 unspecified atom stereocenters. The van der Waals surface area contributed by atoms with Crippen LogP contribution in [-0.4, -0.2) is 30.7 Å². The Morgan fingerprint density at radius 2 is 2.04 bits per heavy atom. The lowest BCUT2D eigenvalue weighted by atomic mass is 10.2. The van der Waals surface area contributed by atoms with E-state index in [9.17, 15) is 9.59 Å². The fraction of sp³-hybridized carbons (Fsp3) is 0.150. The predicted molar refractivity (Wildman–Crippen MR) is 109 cm³/mol. The topological polar surface area (TPSA) is 69.9 Å². The van der Waals surface area contributed by atoms with Crippen molar-refractivity contribution in [2.45, 2.75) is 6.54 Å². The highest BCUT2D eigenvalue weighted by Crippen LogP contribution is 2.24. The van der Waals surface area contributed by atoms with E-state index in [2.05, 4.69) is 11.6 Å². The molecule has 0 fully saturated rings. The summed E-state index contributed by atoms with van der Waals surface area (Å²) in [4.78, 5) is 29.3. The normalized spacial score (nSPS) is 11.5. The van der Waals surface area contributed by atoms with Gasteiger partial charge in [-0.3, -0.25) is 4.79 Å². The SMILES string of the molecule is C=CCn1c(=NC(=O)c2cc(Cl)ccc2OC)sc2cc(C(=O)OC)ccc21. The molecule has 0 saturated heterocycles. The molecule has 0 N–H and O–H groups in total. The molecule has 0 aliphatic rings. The molecule has 28 heavy (non-hydrogen) atoms. The number of nitrogens with zero attached hydrogens (tertiary/aromatic N) is 2. The fourth-order valence-corrected chi connectivity index (χ4v) is 3.95. The van der Waals surface area contributed by atoms with Crippen molar-refractivity contribution < 1.29 is 19.1 Å². The highest BCUT2D eigenvalue weighted by molar-refractivity contribution is 7.16. The average Bonchev–Trinajstić information content (AvgIpc) is 3.03. The summed E-state index contributed by atoms with van der Waals surface area (Å²) in [5.41, 5.74) is 1.53. The van der Waals surface area contributed by atoms with E-state index in [1.807, 2.05) is 4.57 Å². The second kappa shape index (κ2) is 8.41. The zero-order valence-corrected chi connectivity index (χ0v) is 16.8. The maximum absolute atomic E-state index is 12.8. The number of hydrogen-bond donors (Lipinski definition) is 0. The van der Waals surface area contributed by atoms with E-state index in [4.69, 9.17) is 21.1 Å². The Hall–Kier alpha value is -2.90. The second-order valence-corrected chi connectivity index (χ2v) is 7.17. The van der Waals surface area contributed by atoms with Crippen molar-refractivity contribution in [3.63, 3.8) is 0 Å². The van der Waals surface area contributed by atoms with E-state index < -0.39 is 11.9 Å². The van der Waals surface area contributed by atoms with Crippen molar-refractivity contribution in [2.75, 3.05) is 14.2 Å². The quantitative estimate of drug-likeness (QED) is 0.464. The molecule has 1 aromatic heterocycles. The third kappa shape index (κ3) is 3.85. The maximum Gasteiger partial charge on any atom is 0.337 e. The van der Waals surface area contributed by atoms with Crippen LogP contribution in [0.5, 0.6) is 5.75 Å². The lowest BCUT2D eigenvalue weighted by molar-refractivity contribution is 0.0601. The Morgan fingerprint density at radius 3 is 2.71 bits per heavy atom. The van der Waals surface area contributed by atoms with Crippen LogP contribution >= 0.6 is 22.9 Å². The molecule has 6 nitrogen and oxygen atoms in total. The number of hydrogen-bond acceptors (Lipinski definition) is 5. The van der Waals surface area contributed by atoms with Gasteiger partial charge in [0.25, 0.3) is 5.91 Å². The molecule has 1 amide bonds. The smallest absolute Gasteiger partial charge is 0.337 e. The van der Waals surface area contributed by atoms with E-state index in [1.54, 1.807) is 36.4 Å². The number of rotatable bonds is 5. The van der Waals surface area contributed by atoms with Gasteiger partial charge in [0.05, 0.1) is 35.6 Å². The van der Waals surface area contributed by atoms with E-state index in [0.717, 1.165) is 10.2 Å². The molecular weight excluding hydrogens is 400 g/mol. The number of amides is 1. The molecule has 3 rings (SSSR count). The Balaban J connectivity index is 2.17. The fourth-order valence-electron chi connectivity index (χ4n) is 2.70. The highest BCUT2D eigenvalue weighted by atomic mass is 35.5. The van der Waals surface area contributed by atoms with Crippen molar-refractivity contribution in [2.24, 2.45) is 4.99 Å². The van der Waals surface area contributed by atoms with Gasteiger partial charge in [0.2, 0.25) is 0 Å². The second-order valence-electron chi connectivity index (χ2n) is 5.72.